The minimum atomic E-state index is 0.633. The van der Waals surface area contributed by atoms with Crippen molar-refractivity contribution in [1.82, 2.24) is 4.98 Å². The van der Waals surface area contributed by atoms with Crippen molar-refractivity contribution in [2.45, 2.75) is 0 Å². The van der Waals surface area contributed by atoms with Crippen molar-refractivity contribution in [1.29, 1.82) is 0 Å². The number of rotatable bonds is 7. The average molecular weight is 252 g/mol. The highest BCUT2D eigenvalue weighted by molar-refractivity contribution is 7.17. The molecule has 0 saturated carbocycles. The van der Waals surface area contributed by atoms with Gasteiger partial charge in [-0.05, 0) is 17.5 Å². The lowest BCUT2D eigenvalue weighted by Crippen LogP contribution is -2.12. The maximum Gasteiger partial charge on any atom is 0.134 e. The van der Waals surface area contributed by atoms with E-state index in [1.807, 2.05) is 12.3 Å². The van der Waals surface area contributed by atoms with E-state index in [0.29, 0.717) is 19.8 Å². The average Bonchev–Trinajstić information content (AvgIpc) is 2.82. The highest BCUT2D eigenvalue weighted by atomic mass is 32.1. The number of hydrogen-bond donors (Lipinski definition) is 1. The monoisotopic (exact) mass is 252 g/mol. The fourth-order valence-electron chi connectivity index (χ4n) is 1.52. The summed E-state index contributed by atoms with van der Waals surface area (Å²) in [5, 5.41) is 6.53. The molecule has 17 heavy (non-hydrogen) atoms. The molecule has 2 aromatic rings. The van der Waals surface area contributed by atoms with Gasteiger partial charge < -0.3 is 14.8 Å². The first-order valence-electron chi connectivity index (χ1n) is 5.54. The SMILES string of the molecule is COCCOCCNc1nccc2sccc12. The van der Waals surface area contributed by atoms with E-state index >= 15 is 0 Å². The summed E-state index contributed by atoms with van der Waals surface area (Å²) in [5.74, 6) is 0.930. The van der Waals surface area contributed by atoms with Crippen LogP contribution in [-0.4, -0.2) is 38.5 Å². The topological polar surface area (TPSA) is 43.4 Å². The number of nitrogens with one attached hydrogen (secondary N) is 1. The quantitative estimate of drug-likeness (QED) is 0.768. The second-order valence-corrected chi connectivity index (χ2v) is 4.47. The Bertz CT molecular complexity index is 458. The van der Waals surface area contributed by atoms with Crippen molar-refractivity contribution in [3.63, 3.8) is 0 Å². The smallest absolute Gasteiger partial charge is 0.134 e. The summed E-state index contributed by atoms with van der Waals surface area (Å²) in [6.45, 7) is 2.68. The fraction of sp³-hybridized carbons (Fsp3) is 0.417. The summed E-state index contributed by atoms with van der Waals surface area (Å²) >= 11 is 1.72. The Labute approximate surface area is 105 Å². The summed E-state index contributed by atoms with van der Waals surface area (Å²) < 4.78 is 11.5. The predicted octanol–water partition coefficient (Wildman–Crippen LogP) is 2.37. The molecule has 0 fully saturated rings. The Morgan fingerprint density at radius 2 is 2.24 bits per heavy atom. The van der Waals surface area contributed by atoms with Crippen LogP contribution in [0.15, 0.2) is 23.7 Å². The molecule has 0 aliphatic heterocycles. The Morgan fingerprint density at radius 1 is 1.29 bits per heavy atom. The molecule has 2 heterocycles. The van der Waals surface area contributed by atoms with Gasteiger partial charge in [-0.2, -0.15) is 0 Å². The third-order valence-electron chi connectivity index (χ3n) is 2.35. The van der Waals surface area contributed by atoms with Crippen molar-refractivity contribution in [2.24, 2.45) is 0 Å². The molecule has 0 aliphatic rings. The minimum Gasteiger partial charge on any atom is -0.382 e. The van der Waals surface area contributed by atoms with Crippen LogP contribution in [-0.2, 0) is 9.47 Å². The fourth-order valence-corrected chi connectivity index (χ4v) is 2.30. The normalized spacial score (nSPS) is 10.9. The molecule has 0 unspecified atom stereocenters. The second kappa shape index (κ2) is 6.54. The summed E-state index contributed by atoms with van der Waals surface area (Å²) in [4.78, 5) is 4.33. The van der Waals surface area contributed by atoms with E-state index < -0.39 is 0 Å². The molecule has 0 amide bonds. The highest BCUT2D eigenvalue weighted by Gasteiger charge is 2.01. The number of thiophene rings is 1. The molecule has 5 heteroatoms. The minimum absolute atomic E-state index is 0.633. The molecule has 0 bridgehead atoms. The zero-order valence-corrected chi connectivity index (χ0v) is 10.6. The summed E-state index contributed by atoms with van der Waals surface area (Å²) in [5.41, 5.74) is 0. The predicted molar refractivity (Wildman–Crippen MR) is 70.8 cm³/mol. The zero-order chi connectivity index (χ0) is 11.9. The molecule has 92 valence electrons. The first-order chi connectivity index (χ1) is 8.42. The Hall–Kier alpha value is -1.17. The Morgan fingerprint density at radius 3 is 3.12 bits per heavy atom. The van der Waals surface area contributed by atoms with Gasteiger partial charge in [0.25, 0.3) is 0 Å². The van der Waals surface area contributed by atoms with Crippen molar-refractivity contribution in [3.8, 4) is 0 Å². The molecule has 4 nitrogen and oxygen atoms in total. The van der Waals surface area contributed by atoms with Crippen molar-refractivity contribution in [2.75, 3.05) is 38.8 Å². The Kier molecular flexibility index (Phi) is 4.73. The summed E-state index contributed by atoms with van der Waals surface area (Å²) in [6.07, 6.45) is 1.83. The standard InChI is InChI=1S/C12H16N2O2S/c1-15-7-8-16-6-5-14-12-10-3-9-17-11(10)2-4-13-12/h2-4,9H,5-8H2,1H3,(H,13,14). The van der Waals surface area contributed by atoms with Crippen LogP contribution in [0.1, 0.15) is 0 Å². The van der Waals surface area contributed by atoms with E-state index in [2.05, 4.69) is 21.7 Å². The molecular weight excluding hydrogens is 236 g/mol. The highest BCUT2D eigenvalue weighted by Crippen LogP contribution is 2.25. The van der Waals surface area contributed by atoms with Gasteiger partial charge in [0.05, 0.1) is 19.8 Å². The zero-order valence-electron chi connectivity index (χ0n) is 9.81. The van der Waals surface area contributed by atoms with Crippen LogP contribution >= 0.6 is 11.3 Å². The van der Waals surface area contributed by atoms with Gasteiger partial charge in [0.1, 0.15) is 5.82 Å². The number of fused-ring (bicyclic) bond motifs is 1. The number of hydrogen-bond acceptors (Lipinski definition) is 5. The maximum atomic E-state index is 5.38. The van der Waals surface area contributed by atoms with Gasteiger partial charge in [-0.3, -0.25) is 0 Å². The summed E-state index contributed by atoms with van der Waals surface area (Å²) in [7, 11) is 1.67. The Balaban J connectivity index is 1.80. The number of nitrogens with zero attached hydrogens (tertiary/aromatic N) is 1. The van der Waals surface area contributed by atoms with Crippen LogP contribution in [0, 0.1) is 0 Å². The molecule has 0 spiro atoms. The van der Waals surface area contributed by atoms with Crippen molar-refractivity contribution in [3.05, 3.63) is 23.7 Å². The number of pyridine rings is 1. The van der Waals surface area contributed by atoms with Gasteiger partial charge in [-0.25, -0.2) is 4.98 Å². The van der Waals surface area contributed by atoms with Gasteiger partial charge in [-0.15, -0.1) is 11.3 Å². The molecular formula is C12H16N2O2S. The second-order valence-electron chi connectivity index (χ2n) is 3.52. The van der Waals surface area contributed by atoms with Gasteiger partial charge in [0.2, 0.25) is 0 Å². The van der Waals surface area contributed by atoms with Crippen LogP contribution in [0.4, 0.5) is 5.82 Å². The van der Waals surface area contributed by atoms with E-state index in [-0.39, 0.29) is 0 Å². The molecule has 1 N–H and O–H groups in total. The number of anilines is 1. The van der Waals surface area contributed by atoms with E-state index in [9.17, 15) is 0 Å². The van der Waals surface area contributed by atoms with Gasteiger partial charge in [-0.1, -0.05) is 0 Å². The van der Waals surface area contributed by atoms with Crippen molar-refractivity contribution >= 4 is 27.2 Å². The van der Waals surface area contributed by atoms with E-state index in [0.717, 1.165) is 12.4 Å². The molecule has 2 rings (SSSR count). The third-order valence-corrected chi connectivity index (χ3v) is 3.23. The van der Waals surface area contributed by atoms with Crippen LogP contribution in [0.25, 0.3) is 10.1 Å². The van der Waals surface area contributed by atoms with E-state index in [4.69, 9.17) is 9.47 Å². The lowest BCUT2D eigenvalue weighted by atomic mass is 10.3. The molecule has 2 aromatic heterocycles. The summed E-state index contributed by atoms with van der Waals surface area (Å²) in [6, 6.07) is 4.11. The lowest BCUT2D eigenvalue weighted by Gasteiger charge is -2.07. The third kappa shape index (κ3) is 3.39. The number of ether oxygens (including phenoxy) is 2. The van der Waals surface area contributed by atoms with E-state index in [1.165, 1.54) is 10.1 Å². The van der Waals surface area contributed by atoms with E-state index in [1.54, 1.807) is 18.4 Å². The van der Waals surface area contributed by atoms with Crippen LogP contribution in [0.2, 0.25) is 0 Å². The van der Waals surface area contributed by atoms with Crippen LogP contribution in [0.3, 0.4) is 0 Å². The molecule has 0 aromatic carbocycles. The number of aromatic nitrogens is 1. The number of methoxy groups -OCH3 is 1. The first kappa shape index (κ1) is 12.3. The largest absolute Gasteiger partial charge is 0.382 e. The molecule has 0 aliphatic carbocycles. The van der Waals surface area contributed by atoms with Gasteiger partial charge in [0.15, 0.2) is 0 Å². The maximum absolute atomic E-state index is 5.38. The van der Waals surface area contributed by atoms with Crippen molar-refractivity contribution < 1.29 is 9.47 Å². The molecule has 0 saturated heterocycles. The van der Waals surface area contributed by atoms with Crippen LogP contribution < -0.4 is 5.32 Å². The first-order valence-corrected chi connectivity index (χ1v) is 6.42. The lowest BCUT2D eigenvalue weighted by molar-refractivity contribution is 0.0759. The van der Waals surface area contributed by atoms with Crippen LogP contribution in [0.5, 0.6) is 0 Å². The molecule has 0 atom stereocenters. The van der Waals surface area contributed by atoms with Gasteiger partial charge in [0, 0.05) is 29.9 Å². The van der Waals surface area contributed by atoms with Gasteiger partial charge >= 0.3 is 0 Å². The molecule has 0 radical (unpaired) electrons.